The summed E-state index contributed by atoms with van der Waals surface area (Å²) >= 11 is 5.88. The van der Waals surface area contributed by atoms with E-state index in [1.54, 1.807) is 12.1 Å². The molecule has 13 heteroatoms. The summed E-state index contributed by atoms with van der Waals surface area (Å²) in [5.74, 6) is -0.549. The average Bonchev–Trinajstić information content (AvgIpc) is 3.04. The van der Waals surface area contributed by atoms with Gasteiger partial charge in [-0.1, -0.05) is 23.7 Å². The molecule has 3 aromatic rings. The molecule has 9 nitrogen and oxygen atoms in total. The highest BCUT2D eigenvalue weighted by atomic mass is 35.5. The Morgan fingerprint density at radius 3 is 2.00 bits per heavy atom. The Balaban J connectivity index is 2.25. The molecule has 0 aliphatic heterocycles. The van der Waals surface area contributed by atoms with Crippen molar-refractivity contribution in [2.45, 2.75) is 11.5 Å². The third kappa shape index (κ3) is 4.27. The van der Waals surface area contributed by atoms with Gasteiger partial charge in [0.2, 0.25) is 0 Å². The molecule has 0 atom stereocenters. The lowest BCUT2D eigenvalue weighted by Crippen LogP contribution is -2.32. The van der Waals surface area contributed by atoms with Gasteiger partial charge in [-0.3, -0.25) is 9.13 Å². The van der Waals surface area contributed by atoms with Gasteiger partial charge in [-0.15, -0.1) is 0 Å². The SMILES string of the molecule is O=P(O)(O)C(O)(Cc1c(-c2ccc(Cl)cc2)cnn1-c1ccc(F)cc1)P(=O)(O)O. The van der Waals surface area contributed by atoms with E-state index in [4.69, 9.17) is 11.6 Å². The van der Waals surface area contributed by atoms with Crippen molar-refractivity contribution >= 4 is 26.8 Å². The lowest BCUT2D eigenvalue weighted by atomic mass is 10.0. The number of aromatic nitrogens is 2. The van der Waals surface area contributed by atoms with Crippen molar-refractivity contribution in [2.75, 3.05) is 0 Å². The van der Waals surface area contributed by atoms with E-state index < -0.39 is 32.5 Å². The third-order valence-electron chi connectivity index (χ3n) is 4.43. The Morgan fingerprint density at radius 1 is 0.967 bits per heavy atom. The number of hydrogen-bond donors (Lipinski definition) is 5. The maximum absolute atomic E-state index is 13.3. The van der Waals surface area contributed by atoms with Gasteiger partial charge in [0.25, 0.3) is 5.08 Å². The minimum Gasteiger partial charge on any atom is -0.367 e. The number of nitrogens with zero attached hydrogens (tertiary/aromatic N) is 2. The molecule has 1 heterocycles. The average molecular weight is 477 g/mol. The van der Waals surface area contributed by atoms with Crippen LogP contribution in [0.3, 0.4) is 0 Å². The minimum absolute atomic E-state index is 0.113. The molecule has 0 aliphatic rings. The standard InChI is InChI=1S/C17H16ClFN2O7P2/c18-12-3-1-11(2-4-12)15-10-20-21(14-7-5-13(19)6-8-14)16(15)9-17(22,29(23,24)25)30(26,27)28/h1-8,10,22H,9H2,(H2,23,24,25)(H2,26,27,28). The highest BCUT2D eigenvalue weighted by Crippen LogP contribution is 2.68. The maximum Gasteiger partial charge on any atom is 0.369 e. The zero-order chi connectivity index (χ0) is 22.3. The zero-order valence-corrected chi connectivity index (χ0v) is 17.5. The Kier molecular flexibility index (Phi) is 6.08. The lowest BCUT2D eigenvalue weighted by Gasteiger charge is -2.29. The van der Waals surface area contributed by atoms with Gasteiger partial charge in [-0.2, -0.15) is 5.10 Å². The van der Waals surface area contributed by atoms with Gasteiger partial charge in [0.05, 0.1) is 17.6 Å². The fraction of sp³-hybridized carbons (Fsp3) is 0.118. The summed E-state index contributed by atoms with van der Waals surface area (Å²) in [6, 6.07) is 11.0. The summed E-state index contributed by atoms with van der Waals surface area (Å²) in [7, 11) is -11.4. The van der Waals surface area contributed by atoms with Crippen molar-refractivity contribution in [2.24, 2.45) is 0 Å². The maximum atomic E-state index is 13.3. The number of halogens is 2. The first-order chi connectivity index (χ1) is 13.8. The van der Waals surface area contributed by atoms with E-state index >= 15 is 0 Å². The molecule has 0 bridgehead atoms. The molecule has 0 saturated heterocycles. The molecule has 0 aliphatic carbocycles. The van der Waals surface area contributed by atoms with E-state index in [2.05, 4.69) is 5.10 Å². The molecule has 0 radical (unpaired) electrons. The minimum atomic E-state index is -5.72. The second-order valence-corrected chi connectivity index (χ2v) is 10.9. The first kappa shape index (κ1) is 22.8. The van der Waals surface area contributed by atoms with Gasteiger partial charge in [-0.05, 0) is 42.0 Å². The van der Waals surface area contributed by atoms with Crippen LogP contribution in [0.5, 0.6) is 0 Å². The molecular formula is C17H16ClFN2O7P2. The van der Waals surface area contributed by atoms with Crippen LogP contribution in [0, 0.1) is 5.82 Å². The van der Waals surface area contributed by atoms with Crippen LogP contribution in [0.25, 0.3) is 16.8 Å². The van der Waals surface area contributed by atoms with E-state index in [-0.39, 0.29) is 16.9 Å². The second kappa shape index (κ2) is 8.00. The Morgan fingerprint density at radius 2 is 1.50 bits per heavy atom. The summed E-state index contributed by atoms with van der Waals surface area (Å²) in [6.07, 6.45) is 0.151. The van der Waals surface area contributed by atoms with Crippen molar-refractivity contribution in [1.29, 1.82) is 0 Å². The summed E-state index contributed by atoms with van der Waals surface area (Å²) in [5.41, 5.74) is 0.821. The predicted molar refractivity (Wildman–Crippen MR) is 107 cm³/mol. The molecular weight excluding hydrogens is 461 g/mol. The van der Waals surface area contributed by atoms with Crippen molar-refractivity contribution in [3.8, 4) is 16.8 Å². The van der Waals surface area contributed by atoms with Crippen LogP contribution in [0.2, 0.25) is 5.02 Å². The molecule has 1 aromatic heterocycles. The van der Waals surface area contributed by atoms with Crippen LogP contribution in [-0.4, -0.2) is 39.5 Å². The quantitative estimate of drug-likeness (QED) is 0.340. The smallest absolute Gasteiger partial charge is 0.367 e. The van der Waals surface area contributed by atoms with Crippen LogP contribution < -0.4 is 0 Å². The number of rotatable bonds is 6. The van der Waals surface area contributed by atoms with E-state index in [0.717, 1.165) is 16.8 Å². The Bertz CT molecular complexity index is 1070. The molecule has 0 spiro atoms. The lowest BCUT2D eigenvalue weighted by molar-refractivity contribution is 0.129. The van der Waals surface area contributed by atoms with Gasteiger partial charge < -0.3 is 24.7 Å². The summed E-state index contributed by atoms with van der Waals surface area (Å²) in [4.78, 5) is 38.2. The van der Waals surface area contributed by atoms with Crippen molar-refractivity contribution < 1.29 is 38.2 Å². The van der Waals surface area contributed by atoms with Crippen LogP contribution >= 0.6 is 26.8 Å². The molecule has 0 saturated carbocycles. The molecule has 0 amide bonds. The van der Waals surface area contributed by atoms with Crippen molar-refractivity contribution in [1.82, 2.24) is 9.78 Å². The Hall–Kier alpha value is -1.87. The topological polar surface area (TPSA) is 153 Å². The first-order valence-electron chi connectivity index (χ1n) is 8.26. The van der Waals surface area contributed by atoms with Gasteiger partial charge in [0.1, 0.15) is 5.82 Å². The summed E-state index contributed by atoms with van der Waals surface area (Å²) in [6.45, 7) is 0. The van der Waals surface area contributed by atoms with Gasteiger partial charge >= 0.3 is 15.2 Å². The fourth-order valence-corrected chi connectivity index (χ4v) is 5.01. The third-order valence-corrected chi connectivity index (χ3v) is 8.43. The predicted octanol–water partition coefficient (Wildman–Crippen LogP) is 2.88. The molecule has 3 rings (SSSR count). The van der Waals surface area contributed by atoms with Crippen LogP contribution in [0.4, 0.5) is 4.39 Å². The molecule has 2 aromatic carbocycles. The molecule has 5 N–H and O–H groups in total. The van der Waals surface area contributed by atoms with E-state index in [1.165, 1.54) is 30.5 Å². The molecule has 0 fully saturated rings. The highest BCUT2D eigenvalue weighted by molar-refractivity contribution is 7.72. The van der Waals surface area contributed by atoms with Crippen LogP contribution in [-0.2, 0) is 15.6 Å². The molecule has 160 valence electrons. The van der Waals surface area contributed by atoms with E-state index in [0.29, 0.717) is 10.6 Å². The second-order valence-electron chi connectivity index (χ2n) is 6.44. The van der Waals surface area contributed by atoms with Crippen LogP contribution in [0.1, 0.15) is 5.69 Å². The summed E-state index contributed by atoms with van der Waals surface area (Å²) in [5, 5.41) is 11.3. The number of hydrogen-bond acceptors (Lipinski definition) is 4. The molecule has 0 unspecified atom stereocenters. The van der Waals surface area contributed by atoms with Crippen LogP contribution in [0.15, 0.2) is 54.7 Å². The van der Waals surface area contributed by atoms with Gasteiger partial charge in [-0.25, -0.2) is 9.07 Å². The summed E-state index contributed by atoms with van der Waals surface area (Å²) < 4.78 is 38.2. The van der Waals surface area contributed by atoms with Crippen molar-refractivity contribution in [3.63, 3.8) is 0 Å². The van der Waals surface area contributed by atoms with E-state index in [9.17, 15) is 38.2 Å². The monoisotopic (exact) mass is 476 g/mol. The number of benzene rings is 2. The van der Waals surface area contributed by atoms with Gasteiger partial charge in [0.15, 0.2) is 0 Å². The molecule has 30 heavy (non-hydrogen) atoms. The normalized spacial score (nSPS) is 12.9. The largest absolute Gasteiger partial charge is 0.369 e. The zero-order valence-electron chi connectivity index (χ0n) is 15.0. The highest BCUT2D eigenvalue weighted by Gasteiger charge is 2.60. The number of aliphatic hydroxyl groups is 1. The Labute approximate surface area is 174 Å². The first-order valence-corrected chi connectivity index (χ1v) is 11.9. The van der Waals surface area contributed by atoms with E-state index in [1.807, 2.05) is 0 Å². The van der Waals surface area contributed by atoms with Gasteiger partial charge in [0, 0.05) is 17.0 Å². The fourth-order valence-electron chi connectivity index (χ4n) is 2.82. The van der Waals surface area contributed by atoms with Crippen molar-refractivity contribution in [3.05, 3.63) is 71.3 Å².